The van der Waals surface area contributed by atoms with E-state index in [0.29, 0.717) is 13.0 Å². The Kier molecular flexibility index (Phi) is 3.52. The van der Waals surface area contributed by atoms with Crippen LogP contribution in [-0.4, -0.2) is 22.6 Å². The van der Waals surface area contributed by atoms with E-state index in [-0.39, 0.29) is 12.5 Å². The van der Waals surface area contributed by atoms with Gasteiger partial charge in [0.2, 0.25) is 5.91 Å². The number of aryl methyl sites for hydroxylation is 1. The summed E-state index contributed by atoms with van der Waals surface area (Å²) in [5.74, 6) is 0.0117. The molecule has 0 spiro atoms. The highest BCUT2D eigenvalue weighted by molar-refractivity contribution is 5.75. The first-order valence-electron chi connectivity index (χ1n) is 4.23. The van der Waals surface area contributed by atoms with Crippen molar-refractivity contribution >= 4 is 5.91 Å². The van der Waals surface area contributed by atoms with Crippen molar-refractivity contribution in [1.29, 1.82) is 0 Å². The van der Waals surface area contributed by atoms with Crippen LogP contribution < -0.4 is 5.32 Å². The van der Waals surface area contributed by atoms with Gasteiger partial charge in [-0.05, 0) is 12.1 Å². The maximum absolute atomic E-state index is 10.9. The van der Waals surface area contributed by atoms with E-state index in [4.69, 9.17) is 5.11 Å². The number of carbonyl (C=O) groups excluding carboxylic acids is 1. The largest absolute Gasteiger partial charge is 0.390 e. The Morgan fingerprint density at radius 2 is 2.46 bits per heavy atom. The first-order chi connectivity index (χ1) is 6.27. The summed E-state index contributed by atoms with van der Waals surface area (Å²) in [5, 5.41) is 11.5. The van der Waals surface area contributed by atoms with Crippen molar-refractivity contribution < 1.29 is 9.90 Å². The van der Waals surface area contributed by atoms with E-state index in [2.05, 4.69) is 5.32 Å². The molecule has 0 fully saturated rings. The molecule has 0 unspecified atom stereocenters. The van der Waals surface area contributed by atoms with Crippen LogP contribution in [0.25, 0.3) is 0 Å². The Labute approximate surface area is 77.2 Å². The monoisotopic (exact) mass is 182 g/mol. The lowest BCUT2D eigenvalue weighted by Gasteiger charge is -2.05. The molecule has 1 rings (SSSR count). The van der Waals surface area contributed by atoms with E-state index >= 15 is 0 Å². The van der Waals surface area contributed by atoms with Crippen molar-refractivity contribution in [2.75, 3.05) is 7.05 Å². The highest BCUT2D eigenvalue weighted by Crippen LogP contribution is 2.02. The number of aliphatic hydroxyl groups is 1. The van der Waals surface area contributed by atoms with Gasteiger partial charge < -0.3 is 15.0 Å². The van der Waals surface area contributed by atoms with E-state index in [1.807, 2.05) is 22.9 Å². The Hall–Kier alpha value is -1.29. The van der Waals surface area contributed by atoms with Crippen molar-refractivity contribution in [1.82, 2.24) is 9.88 Å². The molecule has 4 heteroatoms. The second-order valence-corrected chi connectivity index (χ2v) is 2.77. The third kappa shape index (κ3) is 2.59. The molecule has 4 nitrogen and oxygen atoms in total. The number of hydrogen-bond donors (Lipinski definition) is 2. The summed E-state index contributed by atoms with van der Waals surface area (Å²) in [7, 11) is 1.62. The van der Waals surface area contributed by atoms with E-state index in [1.54, 1.807) is 7.05 Å². The molecule has 0 aliphatic carbocycles. The summed E-state index contributed by atoms with van der Waals surface area (Å²) >= 11 is 0. The minimum Gasteiger partial charge on any atom is -0.390 e. The molecule has 0 aliphatic rings. The fourth-order valence-corrected chi connectivity index (χ4v) is 1.16. The molecule has 0 atom stereocenters. The number of nitrogens with zero attached hydrogens (tertiary/aromatic N) is 1. The Morgan fingerprint density at radius 1 is 1.69 bits per heavy atom. The maximum atomic E-state index is 10.9. The van der Waals surface area contributed by atoms with Crippen molar-refractivity contribution in [3.8, 4) is 0 Å². The van der Waals surface area contributed by atoms with Crippen LogP contribution in [0.3, 0.4) is 0 Å². The van der Waals surface area contributed by atoms with E-state index < -0.39 is 0 Å². The van der Waals surface area contributed by atoms with Gasteiger partial charge in [0.25, 0.3) is 0 Å². The molecule has 1 heterocycles. The molecule has 1 aromatic heterocycles. The van der Waals surface area contributed by atoms with Gasteiger partial charge in [0.15, 0.2) is 0 Å². The summed E-state index contributed by atoms with van der Waals surface area (Å²) in [6.45, 7) is 0.628. The fourth-order valence-electron chi connectivity index (χ4n) is 1.16. The normalized spacial score (nSPS) is 10.0. The highest BCUT2D eigenvalue weighted by Gasteiger charge is 2.01. The average Bonchev–Trinajstić information content (AvgIpc) is 2.61. The van der Waals surface area contributed by atoms with Gasteiger partial charge in [-0.3, -0.25) is 4.79 Å². The molecule has 0 saturated heterocycles. The van der Waals surface area contributed by atoms with Gasteiger partial charge in [-0.25, -0.2) is 0 Å². The van der Waals surface area contributed by atoms with Gasteiger partial charge in [0.1, 0.15) is 0 Å². The van der Waals surface area contributed by atoms with Crippen LogP contribution in [0.4, 0.5) is 0 Å². The zero-order chi connectivity index (χ0) is 9.68. The standard InChI is InChI=1S/C9H14N2O2/c1-10-9(13)4-6-11-5-2-3-8(11)7-12/h2-3,5,12H,4,6-7H2,1H3,(H,10,13). The lowest BCUT2D eigenvalue weighted by Crippen LogP contribution is -2.19. The zero-order valence-electron chi connectivity index (χ0n) is 7.66. The molecule has 2 N–H and O–H groups in total. The molecule has 0 aromatic carbocycles. The summed E-state index contributed by atoms with van der Waals surface area (Å²) in [6.07, 6.45) is 2.30. The molecule has 1 aromatic rings. The van der Waals surface area contributed by atoms with Crippen LogP contribution in [-0.2, 0) is 17.9 Å². The average molecular weight is 182 g/mol. The number of amides is 1. The SMILES string of the molecule is CNC(=O)CCn1cccc1CO. The van der Waals surface area contributed by atoms with Gasteiger partial charge in [-0.2, -0.15) is 0 Å². The first-order valence-corrected chi connectivity index (χ1v) is 4.23. The van der Waals surface area contributed by atoms with Crippen molar-refractivity contribution in [3.63, 3.8) is 0 Å². The van der Waals surface area contributed by atoms with Crippen LogP contribution in [0, 0.1) is 0 Å². The van der Waals surface area contributed by atoms with Gasteiger partial charge in [-0.1, -0.05) is 0 Å². The molecule has 0 aliphatic heterocycles. The molecule has 1 amide bonds. The number of aliphatic hydroxyl groups excluding tert-OH is 1. The van der Waals surface area contributed by atoms with Crippen molar-refractivity contribution in [3.05, 3.63) is 24.0 Å². The van der Waals surface area contributed by atoms with E-state index in [0.717, 1.165) is 5.69 Å². The molecule has 72 valence electrons. The summed E-state index contributed by atoms with van der Waals surface area (Å²) < 4.78 is 1.87. The number of aromatic nitrogens is 1. The van der Waals surface area contributed by atoms with Gasteiger partial charge in [0.05, 0.1) is 6.61 Å². The van der Waals surface area contributed by atoms with Gasteiger partial charge >= 0.3 is 0 Å². The topological polar surface area (TPSA) is 54.3 Å². The molecule has 0 saturated carbocycles. The van der Waals surface area contributed by atoms with Gasteiger partial charge in [-0.15, -0.1) is 0 Å². The third-order valence-electron chi connectivity index (χ3n) is 1.94. The van der Waals surface area contributed by atoms with Crippen LogP contribution in [0.1, 0.15) is 12.1 Å². The van der Waals surface area contributed by atoms with Crippen LogP contribution >= 0.6 is 0 Å². The van der Waals surface area contributed by atoms with E-state index in [1.165, 1.54) is 0 Å². The minimum atomic E-state index is 0.0117. The van der Waals surface area contributed by atoms with Crippen molar-refractivity contribution in [2.24, 2.45) is 0 Å². The molecule has 0 bridgehead atoms. The maximum Gasteiger partial charge on any atom is 0.221 e. The fraction of sp³-hybridized carbons (Fsp3) is 0.444. The zero-order valence-corrected chi connectivity index (χ0v) is 7.66. The Morgan fingerprint density at radius 3 is 3.08 bits per heavy atom. The molecular weight excluding hydrogens is 168 g/mol. The highest BCUT2D eigenvalue weighted by atomic mass is 16.3. The predicted molar refractivity (Wildman–Crippen MR) is 49.0 cm³/mol. The van der Waals surface area contributed by atoms with E-state index in [9.17, 15) is 4.79 Å². The first kappa shape index (κ1) is 9.80. The summed E-state index contributed by atoms with van der Waals surface area (Å²) in [4.78, 5) is 10.9. The smallest absolute Gasteiger partial charge is 0.221 e. The van der Waals surface area contributed by atoms with Crippen molar-refractivity contribution in [2.45, 2.75) is 19.6 Å². The quantitative estimate of drug-likeness (QED) is 0.694. The lowest BCUT2D eigenvalue weighted by molar-refractivity contribution is -0.120. The predicted octanol–water partition coefficient (Wildman–Crippen LogP) is 0.116. The number of nitrogens with one attached hydrogen (secondary N) is 1. The van der Waals surface area contributed by atoms with Gasteiger partial charge in [0, 0.05) is 31.9 Å². The molecule has 13 heavy (non-hydrogen) atoms. The number of carbonyl (C=O) groups is 1. The summed E-state index contributed by atoms with van der Waals surface area (Å²) in [5.41, 5.74) is 0.837. The Bertz CT molecular complexity index is 281. The van der Waals surface area contributed by atoms with Crippen LogP contribution in [0.2, 0.25) is 0 Å². The second kappa shape index (κ2) is 4.67. The Balaban J connectivity index is 2.49. The second-order valence-electron chi connectivity index (χ2n) is 2.77. The van der Waals surface area contributed by atoms with Crippen LogP contribution in [0.5, 0.6) is 0 Å². The number of hydrogen-bond acceptors (Lipinski definition) is 2. The minimum absolute atomic E-state index is 0.0117. The molecule has 0 radical (unpaired) electrons. The van der Waals surface area contributed by atoms with Crippen LogP contribution in [0.15, 0.2) is 18.3 Å². The summed E-state index contributed by atoms with van der Waals surface area (Å²) in [6, 6.07) is 3.69. The third-order valence-corrected chi connectivity index (χ3v) is 1.94. The molecular formula is C9H14N2O2. The number of rotatable bonds is 4. The lowest BCUT2D eigenvalue weighted by atomic mass is 10.4.